The number of nitrogens with one attached hydrogen (secondary N) is 2. The van der Waals surface area contributed by atoms with Crippen LogP contribution in [0.25, 0.3) is 33.3 Å². The van der Waals surface area contributed by atoms with Crippen LogP contribution < -0.4 is 5.32 Å². The molecule has 4 rings (SSSR count). The first-order valence-electron chi connectivity index (χ1n) is 7.34. The standard InChI is InChI=1S/C17H13FN6/c1-20-17-14-15(24(2)8-21-14)11-6-13(22-16(11)23-17)9-3-4-12(18)10(5-9)7-19/h3-6,8H,1-2H3,(H2,20,22,23). The van der Waals surface area contributed by atoms with Crippen molar-refractivity contribution in [3.8, 4) is 17.3 Å². The molecule has 0 saturated carbocycles. The maximum absolute atomic E-state index is 13.5. The molecule has 0 unspecified atom stereocenters. The summed E-state index contributed by atoms with van der Waals surface area (Å²) in [7, 11) is 3.72. The van der Waals surface area contributed by atoms with Crippen LogP contribution in [0.1, 0.15) is 5.56 Å². The lowest BCUT2D eigenvalue weighted by atomic mass is 10.1. The number of fused-ring (bicyclic) bond motifs is 3. The molecule has 3 heterocycles. The summed E-state index contributed by atoms with van der Waals surface area (Å²) in [6.45, 7) is 0. The summed E-state index contributed by atoms with van der Waals surface area (Å²) in [6.07, 6.45) is 1.74. The van der Waals surface area contributed by atoms with Crippen LogP contribution in [-0.4, -0.2) is 26.6 Å². The molecular weight excluding hydrogens is 307 g/mol. The van der Waals surface area contributed by atoms with Gasteiger partial charge in [0.1, 0.15) is 23.1 Å². The summed E-state index contributed by atoms with van der Waals surface area (Å²) in [5, 5.41) is 13.0. The fourth-order valence-corrected chi connectivity index (χ4v) is 2.91. The van der Waals surface area contributed by atoms with E-state index in [1.165, 1.54) is 12.1 Å². The molecule has 0 saturated heterocycles. The zero-order valence-electron chi connectivity index (χ0n) is 13.1. The smallest absolute Gasteiger partial charge is 0.156 e. The molecule has 4 aromatic rings. The number of hydrogen-bond acceptors (Lipinski definition) is 4. The number of aromatic amines is 1. The highest BCUT2D eigenvalue weighted by molar-refractivity contribution is 6.07. The van der Waals surface area contributed by atoms with Crippen LogP contribution >= 0.6 is 0 Å². The minimum atomic E-state index is -0.526. The minimum Gasteiger partial charge on any atom is -0.371 e. The fraction of sp³-hybridized carbons (Fsp3) is 0.118. The van der Waals surface area contributed by atoms with Crippen LogP contribution in [0, 0.1) is 17.1 Å². The van der Waals surface area contributed by atoms with Gasteiger partial charge >= 0.3 is 0 Å². The Hall–Kier alpha value is -3.40. The van der Waals surface area contributed by atoms with E-state index in [2.05, 4.69) is 20.3 Å². The number of imidazole rings is 1. The van der Waals surface area contributed by atoms with Crippen molar-refractivity contribution in [2.24, 2.45) is 7.05 Å². The topological polar surface area (TPSA) is 82.3 Å². The molecule has 0 amide bonds. The molecule has 0 aliphatic carbocycles. The van der Waals surface area contributed by atoms with Gasteiger partial charge in [-0.2, -0.15) is 5.26 Å². The molecule has 1 aromatic carbocycles. The molecule has 7 heteroatoms. The molecule has 0 atom stereocenters. The number of hydrogen-bond donors (Lipinski definition) is 2. The summed E-state index contributed by atoms with van der Waals surface area (Å²) < 4.78 is 15.5. The second-order valence-electron chi connectivity index (χ2n) is 5.51. The maximum atomic E-state index is 13.5. The molecule has 24 heavy (non-hydrogen) atoms. The first-order chi connectivity index (χ1) is 11.6. The van der Waals surface area contributed by atoms with E-state index >= 15 is 0 Å². The molecule has 6 nitrogen and oxygen atoms in total. The van der Waals surface area contributed by atoms with Gasteiger partial charge in [0.15, 0.2) is 5.82 Å². The fourth-order valence-electron chi connectivity index (χ4n) is 2.91. The lowest BCUT2D eigenvalue weighted by Crippen LogP contribution is -1.95. The summed E-state index contributed by atoms with van der Waals surface area (Å²) in [4.78, 5) is 12.2. The Balaban J connectivity index is 2.01. The molecule has 0 radical (unpaired) electrons. The van der Waals surface area contributed by atoms with E-state index in [-0.39, 0.29) is 5.56 Å². The van der Waals surface area contributed by atoms with Gasteiger partial charge in [-0.3, -0.25) is 0 Å². The van der Waals surface area contributed by atoms with Crippen LogP contribution in [0.4, 0.5) is 10.2 Å². The van der Waals surface area contributed by atoms with Gasteiger partial charge in [-0.15, -0.1) is 0 Å². The van der Waals surface area contributed by atoms with E-state index in [0.29, 0.717) is 11.5 Å². The average Bonchev–Trinajstić information content (AvgIpc) is 3.18. The largest absolute Gasteiger partial charge is 0.371 e. The zero-order valence-corrected chi connectivity index (χ0v) is 13.1. The van der Waals surface area contributed by atoms with Crippen molar-refractivity contribution < 1.29 is 4.39 Å². The van der Waals surface area contributed by atoms with Crippen LogP contribution in [0.3, 0.4) is 0 Å². The highest BCUT2D eigenvalue weighted by Gasteiger charge is 2.15. The van der Waals surface area contributed by atoms with Crippen LogP contribution in [0.15, 0.2) is 30.6 Å². The Bertz CT molecular complexity index is 1130. The molecule has 0 aliphatic rings. The Morgan fingerprint density at radius 3 is 2.92 bits per heavy atom. The predicted molar refractivity (Wildman–Crippen MR) is 90.0 cm³/mol. The third-order valence-corrected chi connectivity index (χ3v) is 4.07. The van der Waals surface area contributed by atoms with Gasteiger partial charge in [0, 0.05) is 25.2 Å². The van der Waals surface area contributed by atoms with Crippen molar-refractivity contribution >= 4 is 27.9 Å². The number of pyridine rings is 1. The van der Waals surface area contributed by atoms with Gasteiger partial charge < -0.3 is 14.9 Å². The lowest BCUT2D eigenvalue weighted by molar-refractivity contribution is 0.624. The molecule has 0 fully saturated rings. The Morgan fingerprint density at radius 1 is 1.33 bits per heavy atom. The van der Waals surface area contributed by atoms with E-state index in [1.807, 2.05) is 23.8 Å². The van der Waals surface area contributed by atoms with Crippen molar-refractivity contribution in [1.29, 1.82) is 5.26 Å². The second-order valence-corrected chi connectivity index (χ2v) is 5.51. The van der Waals surface area contributed by atoms with E-state index in [4.69, 9.17) is 5.26 Å². The predicted octanol–water partition coefficient (Wildman–Crippen LogP) is 3.17. The average molecular weight is 320 g/mol. The summed E-state index contributed by atoms with van der Waals surface area (Å²) in [5.41, 5.74) is 3.95. The Morgan fingerprint density at radius 2 is 2.17 bits per heavy atom. The van der Waals surface area contributed by atoms with Gasteiger partial charge in [0.05, 0.1) is 17.4 Å². The number of aromatic nitrogens is 4. The Kier molecular flexibility index (Phi) is 3.00. The van der Waals surface area contributed by atoms with E-state index in [1.54, 1.807) is 19.4 Å². The van der Waals surface area contributed by atoms with Gasteiger partial charge in [0.25, 0.3) is 0 Å². The summed E-state index contributed by atoms with van der Waals surface area (Å²) in [6, 6.07) is 8.27. The highest BCUT2D eigenvalue weighted by atomic mass is 19.1. The third kappa shape index (κ3) is 1.93. The number of halogens is 1. The van der Waals surface area contributed by atoms with Crippen LogP contribution in [-0.2, 0) is 7.05 Å². The normalized spacial score (nSPS) is 11.1. The third-order valence-electron chi connectivity index (χ3n) is 4.07. The van der Waals surface area contributed by atoms with E-state index in [9.17, 15) is 4.39 Å². The molecule has 118 valence electrons. The zero-order chi connectivity index (χ0) is 16.8. The van der Waals surface area contributed by atoms with Crippen molar-refractivity contribution in [3.63, 3.8) is 0 Å². The molecule has 0 spiro atoms. The number of rotatable bonds is 2. The number of nitriles is 1. The van der Waals surface area contributed by atoms with Crippen molar-refractivity contribution in [1.82, 2.24) is 19.5 Å². The number of benzene rings is 1. The number of aryl methyl sites for hydroxylation is 1. The molecule has 0 bridgehead atoms. The maximum Gasteiger partial charge on any atom is 0.156 e. The minimum absolute atomic E-state index is 0.0145. The number of anilines is 1. The van der Waals surface area contributed by atoms with Gasteiger partial charge in [-0.1, -0.05) is 0 Å². The lowest BCUT2D eigenvalue weighted by Gasteiger charge is -2.02. The molecule has 0 aliphatic heterocycles. The first kappa shape index (κ1) is 14.2. The summed E-state index contributed by atoms with van der Waals surface area (Å²) >= 11 is 0. The first-order valence-corrected chi connectivity index (χ1v) is 7.34. The van der Waals surface area contributed by atoms with Crippen molar-refractivity contribution in [2.45, 2.75) is 0 Å². The molecule has 2 N–H and O–H groups in total. The quantitative estimate of drug-likeness (QED) is 0.594. The second kappa shape index (κ2) is 5.06. The SMILES string of the molecule is CNc1nc2[nH]c(-c3ccc(F)c(C#N)c3)cc2c2c1ncn2C. The monoisotopic (exact) mass is 320 g/mol. The highest BCUT2D eigenvalue weighted by Crippen LogP contribution is 2.31. The van der Waals surface area contributed by atoms with Crippen LogP contribution in [0.2, 0.25) is 0 Å². The van der Waals surface area contributed by atoms with Gasteiger partial charge in [-0.25, -0.2) is 14.4 Å². The molecular formula is C17H13FN6. The van der Waals surface area contributed by atoms with Crippen molar-refractivity contribution in [3.05, 3.63) is 42.0 Å². The van der Waals surface area contributed by atoms with Gasteiger partial charge in [-0.05, 0) is 29.8 Å². The molecule has 3 aromatic heterocycles. The number of H-pyrrole nitrogens is 1. The van der Waals surface area contributed by atoms with Crippen molar-refractivity contribution in [2.75, 3.05) is 12.4 Å². The van der Waals surface area contributed by atoms with E-state index < -0.39 is 5.82 Å². The Labute approximate surface area is 136 Å². The van der Waals surface area contributed by atoms with E-state index in [0.717, 1.165) is 27.7 Å². The van der Waals surface area contributed by atoms with Gasteiger partial charge in [0.2, 0.25) is 0 Å². The summed E-state index contributed by atoms with van der Waals surface area (Å²) in [5.74, 6) is 0.158. The van der Waals surface area contributed by atoms with Crippen LogP contribution in [0.5, 0.6) is 0 Å². The number of nitrogens with zero attached hydrogens (tertiary/aromatic N) is 4.